The minimum absolute atomic E-state index is 0.0647. The number of carbonyl (C=O) groups excluding carboxylic acids is 2. The van der Waals surface area contributed by atoms with Crippen molar-refractivity contribution in [3.63, 3.8) is 0 Å². The Bertz CT molecular complexity index is 632. The molecule has 1 aliphatic carbocycles. The molecule has 0 aromatic heterocycles. The molecule has 0 bridgehead atoms. The fraction of sp³-hybridized carbons (Fsp3) is 0.444. The molecular formula is C18H20F2O4. The third-order valence-corrected chi connectivity index (χ3v) is 4.09. The number of carbonyl (C=O) groups is 2. The number of benzene rings is 1. The standard InChI is InChI=1S/C18H20F2O4/c1-3-23-17(21)15(18(22)24-4-2)13-10-9-11-7-5-6-8-12(11)14(13)16(19)20/h5-8,13,15H,3-4,9-10H2,1-2H3. The second-order valence-corrected chi connectivity index (χ2v) is 5.46. The number of hydrogen-bond acceptors (Lipinski definition) is 4. The van der Waals surface area contributed by atoms with Gasteiger partial charge in [-0.05, 0) is 37.8 Å². The molecule has 6 heteroatoms. The number of hydrogen-bond donors (Lipinski definition) is 0. The maximum Gasteiger partial charge on any atom is 0.320 e. The molecule has 24 heavy (non-hydrogen) atoms. The summed E-state index contributed by atoms with van der Waals surface area (Å²) in [6.07, 6.45) is -1.12. The summed E-state index contributed by atoms with van der Waals surface area (Å²) in [6.45, 7) is 3.33. The monoisotopic (exact) mass is 338 g/mol. The molecule has 0 heterocycles. The third-order valence-electron chi connectivity index (χ3n) is 4.09. The maximum atomic E-state index is 13.7. The Morgan fingerprint density at radius 3 is 2.25 bits per heavy atom. The number of halogens is 2. The highest BCUT2D eigenvalue weighted by Gasteiger charge is 2.43. The first-order valence-corrected chi connectivity index (χ1v) is 7.97. The number of aryl methyl sites for hydroxylation is 1. The molecule has 0 amide bonds. The molecular weight excluding hydrogens is 318 g/mol. The molecule has 0 saturated carbocycles. The van der Waals surface area contributed by atoms with Crippen molar-refractivity contribution in [2.24, 2.45) is 11.8 Å². The lowest BCUT2D eigenvalue weighted by molar-refractivity contribution is -0.163. The van der Waals surface area contributed by atoms with Gasteiger partial charge in [0.15, 0.2) is 5.92 Å². The van der Waals surface area contributed by atoms with Crippen LogP contribution >= 0.6 is 0 Å². The summed E-state index contributed by atoms with van der Waals surface area (Å²) in [6, 6.07) is 6.80. The Balaban J connectivity index is 2.47. The Labute approximate surface area is 139 Å². The van der Waals surface area contributed by atoms with Gasteiger partial charge in [-0.1, -0.05) is 24.3 Å². The zero-order valence-electron chi connectivity index (χ0n) is 13.7. The molecule has 1 aromatic rings. The molecule has 130 valence electrons. The minimum Gasteiger partial charge on any atom is -0.465 e. The van der Waals surface area contributed by atoms with E-state index in [0.717, 1.165) is 5.56 Å². The molecule has 2 rings (SSSR count). The van der Waals surface area contributed by atoms with Crippen molar-refractivity contribution in [2.45, 2.75) is 26.7 Å². The summed E-state index contributed by atoms with van der Waals surface area (Å²) in [5, 5.41) is 0. The van der Waals surface area contributed by atoms with Gasteiger partial charge < -0.3 is 9.47 Å². The van der Waals surface area contributed by atoms with Gasteiger partial charge in [0.1, 0.15) is 0 Å². The van der Waals surface area contributed by atoms with Gasteiger partial charge in [0.05, 0.1) is 13.2 Å². The molecule has 0 saturated heterocycles. The van der Waals surface area contributed by atoms with Crippen LogP contribution in [0, 0.1) is 11.8 Å². The second-order valence-electron chi connectivity index (χ2n) is 5.46. The molecule has 0 aliphatic heterocycles. The summed E-state index contributed by atoms with van der Waals surface area (Å²) in [4.78, 5) is 24.5. The number of allylic oxidation sites excluding steroid dienone is 1. The minimum atomic E-state index is -1.88. The van der Waals surface area contributed by atoms with Crippen molar-refractivity contribution in [1.29, 1.82) is 0 Å². The van der Waals surface area contributed by atoms with Crippen LogP contribution in [0.5, 0.6) is 0 Å². The van der Waals surface area contributed by atoms with Gasteiger partial charge in [0.2, 0.25) is 0 Å². The van der Waals surface area contributed by atoms with Crippen LogP contribution in [-0.4, -0.2) is 25.2 Å². The van der Waals surface area contributed by atoms with Gasteiger partial charge in [0.25, 0.3) is 6.08 Å². The Kier molecular flexibility index (Phi) is 6.06. The smallest absolute Gasteiger partial charge is 0.320 e. The van der Waals surface area contributed by atoms with Crippen molar-refractivity contribution in [1.82, 2.24) is 0 Å². The molecule has 0 spiro atoms. The lowest BCUT2D eigenvalue weighted by Gasteiger charge is -2.31. The Hall–Kier alpha value is -2.24. The van der Waals surface area contributed by atoms with Gasteiger partial charge in [-0.15, -0.1) is 0 Å². The average molecular weight is 338 g/mol. The van der Waals surface area contributed by atoms with E-state index in [1.54, 1.807) is 38.1 Å². The van der Waals surface area contributed by atoms with Crippen LogP contribution in [0.25, 0.3) is 5.57 Å². The molecule has 0 N–H and O–H groups in total. The van der Waals surface area contributed by atoms with Crippen molar-refractivity contribution < 1.29 is 27.8 Å². The lowest BCUT2D eigenvalue weighted by atomic mass is 9.73. The number of fused-ring (bicyclic) bond motifs is 1. The maximum absolute atomic E-state index is 13.7. The van der Waals surface area contributed by atoms with E-state index in [4.69, 9.17) is 9.47 Å². The van der Waals surface area contributed by atoms with Gasteiger partial charge >= 0.3 is 11.9 Å². The fourth-order valence-corrected chi connectivity index (χ4v) is 3.12. The number of ether oxygens (including phenoxy) is 2. The quantitative estimate of drug-likeness (QED) is 0.608. The van der Waals surface area contributed by atoms with E-state index in [1.165, 1.54) is 0 Å². The van der Waals surface area contributed by atoms with Crippen molar-refractivity contribution in [3.8, 4) is 0 Å². The Morgan fingerprint density at radius 1 is 1.12 bits per heavy atom. The van der Waals surface area contributed by atoms with Crippen LogP contribution in [-0.2, 0) is 25.5 Å². The first-order valence-electron chi connectivity index (χ1n) is 7.97. The van der Waals surface area contributed by atoms with Crippen LogP contribution in [0.4, 0.5) is 8.78 Å². The van der Waals surface area contributed by atoms with Crippen LogP contribution in [0.2, 0.25) is 0 Å². The number of rotatable bonds is 5. The van der Waals surface area contributed by atoms with Gasteiger partial charge in [-0.3, -0.25) is 9.59 Å². The highest BCUT2D eigenvalue weighted by Crippen LogP contribution is 2.42. The first kappa shape index (κ1) is 18.1. The van der Waals surface area contributed by atoms with E-state index in [9.17, 15) is 18.4 Å². The fourth-order valence-electron chi connectivity index (χ4n) is 3.12. The van der Waals surface area contributed by atoms with Crippen LogP contribution in [0.15, 0.2) is 30.3 Å². The van der Waals surface area contributed by atoms with E-state index in [-0.39, 0.29) is 25.2 Å². The summed E-state index contributed by atoms with van der Waals surface area (Å²) < 4.78 is 37.2. The van der Waals surface area contributed by atoms with Gasteiger partial charge in [-0.2, -0.15) is 8.78 Å². The van der Waals surface area contributed by atoms with E-state index >= 15 is 0 Å². The summed E-state index contributed by atoms with van der Waals surface area (Å²) in [7, 11) is 0. The summed E-state index contributed by atoms with van der Waals surface area (Å²) in [5.41, 5.74) is 0.901. The van der Waals surface area contributed by atoms with E-state index in [2.05, 4.69) is 0 Å². The predicted octanol–water partition coefficient (Wildman–Crippen LogP) is 3.60. The molecule has 0 radical (unpaired) electrons. The van der Waals surface area contributed by atoms with Crippen LogP contribution < -0.4 is 0 Å². The van der Waals surface area contributed by atoms with Crippen LogP contribution in [0.3, 0.4) is 0 Å². The van der Waals surface area contributed by atoms with Gasteiger partial charge in [0, 0.05) is 11.5 Å². The van der Waals surface area contributed by atoms with Crippen molar-refractivity contribution in [3.05, 3.63) is 41.5 Å². The molecule has 1 aliphatic rings. The highest BCUT2D eigenvalue weighted by molar-refractivity contribution is 5.98. The topological polar surface area (TPSA) is 52.6 Å². The normalized spacial score (nSPS) is 16.5. The first-order chi connectivity index (χ1) is 11.5. The summed E-state index contributed by atoms with van der Waals surface area (Å²) >= 11 is 0. The van der Waals surface area contributed by atoms with E-state index in [0.29, 0.717) is 12.0 Å². The average Bonchev–Trinajstić information content (AvgIpc) is 2.55. The van der Waals surface area contributed by atoms with Crippen molar-refractivity contribution >= 4 is 17.5 Å². The molecule has 1 aromatic carbocycles. The van der Waals surface area contributed by atoms with Crippen LogP contribution in [0.1, 0.15) is 31.4 Å². The molecule has 4 nitrogen and oxygen atoms in total. The van der Waals surface area contributed by atoms with Gasteiger partial charge in [-0.25, -0.2) is 0 Å². The van der Waals surface area contributed by atoms with E-state index in [1.807, 2.05) is 0 Å². The lowest BCUT2D eigenvalue weighted by Crippen LogP contribution is -2.37. The largest absolute Gasteiger partial charge is 0.465 e. The predicted molar refractivity (Wildman–Crippen MR) is 84.1 cm³/mol. The second kappa shape index (κ2) is 8.04. The third kappa shape index (κ3) is 3.63. The molecule has 0 fully saturated rings. The molecule has 1 unspecified atom stereocenters. The number of esters is 2. The van der Waals surface area contributed by atoms with E-state index < -0.39 is 29.9 Å². The zero-order valence-corrected chi connectivity index (χ0v) is 13.7. The van der Waals surface area contributed by atoms with Crippen molar-refractivity contribution in [2.75, 3.05) is 13.2 Å². The zero-order chi connectivity index (χ0) is 17.7. The summed E-state index contributed by atoms with van der Waals surface area (Å²) in [5.74, 6) is -3.98. The highest BCUT2D eigenvalue weighted by atomic mass is 19.3. The Morgan fingerprint density at radius 2 is 1.71 bits per heavy atom. The SMILES string of the molecule is CCOC(=O)C(C(=O)OCC)C1CCc2ccccc2C1=C(F)F. The molecule has 1 atom stereocenters.